The molecule has 0 fully saturated rings. The Balaban J connectivity index is 2.37. The van der Waals surface area contributed by atoms with Crippen LogP contribution in [0.5, 0.6) is 0 Å². The number of nitrogens with one attached hydrogen (secondary N) is 1. The second-order valence-electron chi connectivity index (χ2n) is 4.54. The molecule has 1 aromatic heterocycles. The number of hydrogen-bond acceptors (Lipinski definition) is 2. The molecule has 4 nitrogen and oxygen atoms in total. The van der Waals surface area contributed by atoms with Gasteiger partial charge in [-0.1, -0.05) is 25.4 Å². The number of aromatic nitrogens is 1. The second kappa shape index (κ2) is 8.00. The first-order valence-corrected chi connectivity index (χ1v) is 7.10. The number of hydrogen-bond donors (Lipinski definition) is 1. The first-order chi connectivity index (χ1) is 9.08. The van der Waals surface area contributed by atoms with Gasteiger partial charge in [0.2, 0.25) is 5.91 Å². The molecule has 0 unspecified atom stereocenters. The molecule has 0 saturated carbocycles. The van der Waals surface area contributed by atoms with E-state index in [9.17, 15) is 9.59 Å². The molecule has 0 spiro atoms. The van der Waals surface area contributed by atoms with Crippen LogP contribution in [-0.2, 0) is 11.3 Å². The number of pyridine rings is 1. The van der Waals surface area contributed by atoms with Crippen LogP contribution in [-0.4, -0.2) is 17.0 Å². The molecule has 1 N–H and O–H groups in total. The molecule has 1 heterocycles. The van der Waals surface area contributed by atoms with Crippen molar-refractivity contribution in [2.45, 2.75) is 39.7 Å². The summed E-state index contributed by atoms with van der Waals surface area (Å²) < 4.78 is 1.56. The van der Waals surface area contributed by atoms with Crippen LogP contribution in [0.2, 0.25) is 5.02 Å². The third kappa shape index (κ3) is 5.07. The molecule has 0 radical (unpaired) electrons. The van der Waals surface area contributed by atoms with E-state index in [0.29, 0.717) is 24.5 Å². The number of halogens is 1. The molecule has 0 aliphatic carbocycles. The topological polar surface area (TPSA) is 51.1 Å². The number of carbonyl (C=O) groups excluding carboxylic acids is 1. The highest BCUT2D eigenvalue weighted by Crippen LogP contribution is 2.07. The Morgan fingerprint density at radius 2 is 2.05 bits per heavy atom. The fourth-order valence-corrected chi connectivity index (χ4v) is 2.12. The lowest BCUT2D eigenvalue weighted by Gasteiger charge is -2.13. The summed E-state index contributed by atoms with van der Waals surface area (Å²) in [6.45, 7) is 5.16. The molecule has 1 rings (SSSR count). The van der Waals surface area contributed by atoms with Gasteiger partial charge in [0.15, 0.2) is 0 Å². The summed E-state index contributed by atoms with van der Waals surface area (Å²) in [5, 5.41) is 3.44. The molecule has 0 atom stereocenters. The SMILES string of the molecule is CCC(CC)C(=O)NCCCn1cc(Cl)ccc1=O. The van der Waals surface area contributed by atoms with E-state index in [1.165, 1.54) is 6.07 Å². The normalized spacial score (nSPS) is 10.7. The molecular weight excluding hydrogens is 264 g/mol. The molecule has 0 aromatic carbocycles. The average Bonchev–Trinajstić information content (AvgIpc) is 2.40. The maximum atomic E-state index is 11.7. The van der Waals surface area contributed by atoms with Gasteiger partial charge < -0.3 is 9.88 Å². The largest absolute Gasteiger partial charge is 0.356 e. The van der Waals surface area contributed by atoms with Gasteiger partial charge >= 0.3 is 0 Å². The summed E-state index contributed by atoms with van der Waals surface area (Å²) in [5.41, 5.74) is -0.0734. The van der Waals surface area contributed by atoms with Crippen molar-refractivity contribution in [2.75, 3.05) is 6.54 Å². The standard InChI is InChI=1S/C14H21ClN2O2/c1-3-11(4-2)14(19)16-8-5-9-17-10-12(15)6-7-13(17)18/h6-7,10-11H,3-5,8-9H2,1-2H3,(H,16,19). The van der Waals surface area contributed by atoms with Crippen LogP contribution in [0.4, 0.5) is 0 Å². The lowest BCUT2D eigenvalue weighted by atomic mass is 10.0. The van der Waals surface area contributed by atoms with Gasteiger partial charge in [0.05, 0.1) is 5.02 Å². The van der Waals surface area contributed by atoms with Gasteiger partial charge in [-0.3, -0.25) is 9.59 Å². The van der Waals surface area contributed by atoms with Crippen molar-refractivity contribution < 1.29 is 4.79 Å². The van der Waals surface area contributed by atoms with E-state index in [0.717, 1.165) is 12.8 Å². The minimum absolute atomic E-state index is 0.0734. The van der Waals surface area contributed by atoms with Crippen LogP contribution in [0.15, 0.2) is 23.1 Å². The molecule has 0 aliphatic heterocycles. The van der Waals surface area contributed by atoms with Crippen molar-refractivity contribution in [3.05, 3.63) is 33.7 Å². The lowest BCUT2D eigenvalue weighted by Crippen LogP contribution is -2.31. The Morgan fingerprint density at radius 3 is 2.68 bits per heavy atom. The van der Waals surface area contributed by atoms with Gasteiger partial charge in [-0.05, 0) is 25.3 Å². The monoisotopic (exact) mass is 284 g/mol. The Labute approximate surface area is 118 Å². The predicted molar refractivity (Wildman–Crippen MR) is 77.4 cm³/mol. The maximum Gasteiger partial charge on any atom is 0.250 e. The number of nitrogens with zero attached hydrogens (tertiary/aromatic N) is 1. The molecule has 106 valence electrons. The zero-order chi connectivity index (χ0) is 14.3. The third-order valence-electron chi connectivity index (χ3n) is 3.18. The molecular formula is C14H21ClN2O2. The lowest BCUT2D eigenvalue weighted by molar-refractivity contribution is -0.125. The minimum Gasteiger partial charge on any atom is -0.356 e. The third-order valence-corrected chi connectivity index (χ3v) is 3.40. The summed E-state index contributed by atoms with van der Waals surface area (Å²) in [5.74, 6) is 0.192. The fraction of sp³-hybridized carbons (Fsp3) is 0.571. The number of aryl methyl sites for hydroxylation is 1. The first kappa shape index (κ1) is 15.8. The van der Waals surface area contributed by atoms with Crippen LogP contribution in [0.25, 0.3) is 0 Å². The summed E-state index contributed by atoms with van der Waals surface area (Å²) in [4.78, 5) is 23.3. The van der Waals surface area contributed by atoms with Gasteiger partial charge in [-0.25, -0.2) is 0 Å². The Hall–Kier alpha value is -1.29. The Morgan fingerprint density at radius 1 is 1.37 bits per heavy atom. The second-order valence-corrected chi connectivity index (χ2v) is 4.97. The van der Waals surface area contributed by atoms with Crippen LogP contribution >= 0.6 is 11.6 Å². The molecule has 0 saturated heterocycles. The number of rotatable bonds is 7. The molecule has 1 aromatic rings. The van der Waals surface area contributed by atoms with Gasteiger partial charge in [0.25, 0.3) is 5.56 Å². The van der Waals surface area contributed by atoms with Crippen molar-refractivity contribution in [2.24, 2.45) is 5.92 Å². The van der Waals surface area contributed by atoms with E-state index in [1.807, 2.05) is 13.8 Å². The highest BCUT2D eigenvalue weighted by Gasteiger charge is 2.12. The quantitative estimate of drug-likeness (QED) is 0.782. The Bertz CT molecular complexity index is 467. The van der Waals surface area contributed by atoms with E-state index >= 15 is 0 Å². The molecule has 5 heteroatoms. The van der Waals surface area contributed by atoms with Gasteiger partial charge in [0, 0.05) is 31.3 Å². The molecule has 19 heavy (non-hydrogen) atoms. The predicted octanol–water partition coefficient (Wildman–Crippen LogP) is 2.44. The van der Waals surface area contributed by atoms with E-state index < -0.39 is 0 Å². The van der Waals surface area contributed by atoms with Crippen molar-refractivity contribution >= 4 is 17.5 Å². The zero-order valence-corrected chi connectivity index (χ0v) is 12.2. The van der Waals surface area contributed by atoms with Crippen molar-refractivity contribution in [1.82, 2.24) is 9.88 Å². The van der Waals surface area contributed by atoms with Gasteiger partial charge in [-0.15, -0.1) is 0 Å². The van der Waals surface area contributed by atoms with E-state index in [-0.39, 0.29) is 17.4 Å². The smallest absolute Gasteiger partial charge is 0.250 e. The fourth-order valence-electron chi connectivity index (χ4n) is 1.94. The van der Waals surface area contributed by atoms with E-state index in [4.69, 9.17) is 11.6 Å². The summed E-state index contributed by atoms with van der Waals surface area (Å²) >= 11 is 5.83. The van der Waals surface area contributed by atoms with Crippen molar-refractivity contribution in [1.29, 1.82) is 0 Å². The molecule has 1 amide bonds. The Kier molecular flexibility index (Phi) is 6.64. The zero-order valence-electron chi connectivity index (χ0n) is 11.5. The summed E-state index contributed by atoms with van der Waals surface area (Å²) in [6, 6.07) is 3.03. The highest BCUT2D eigenvalue weighted by molar-refractivity contribution is 6.30. The van der Waals surface area contributed by atoms with Crippen LogP contribution in [0, 0.1) is 5.92 Å². The summed E-state index contributed by atoms with van der Waals surface area (Å²) in [6.07, 6.45) is 4.05. The van der Waals surface area contributed by atoms with Gasteiger partial charge in [-0.2, -0.15) is 0 Å². The summed E-state index contributed by atoms with van der Waals surface area (Å²) in [7, 11) is 0. The van der Waals surface area contributed by atoms with Crippen LogP contribution in [0.1, 0.15) is 33.1 Å². The number of amides is 1. The van der Waals surface area contributed by atoms with E-state index in [1.54, 1.807) is 16.8 Å². The molecule has 0 aliphatic rings. The van der Waals surface area contributed by atoms with Crippen molar-refractivity contribution in [3.8, 4) is 0 Å². The highest BCUT2D eigenvalue weighted by atomic mass is 35.5. The number of carbonyl (C=O) groups is 1. The first-order valence-electron chi connectivity index (χ1n) is 6.72. The molecule has 0 bridgehead atoms. The van der Waals surface area contributed by atoms with E-state index in [2.05, 4.69) is 5.32 Å². The van der Waals surface area contributed by atoms with Crippen molar-refractivity contribution in [3.63, 3.8) is 0 Å². The van der Waals surface area contributed by atoms with Gasteiger partial charge in [0.1, 0.15) is 0 Å². The van der Waals surface area contributed by atoms with Crippen LogP contribution < -0.4 is 10.9 Å². The maximum absolute atomic E-state index is 11.7. The minimum atomic E-state index is -0.0734. The van der Waals surface area contributed by atoms with Crippen LogP contribution in [0.3, 0.4) is 0 Å². The average molecular weight is 285 g/mol.